The highest BCUT2D eigenvalue weighted by Crippen LogP contribution is 2.27. The zero-order valence-electron chi connectivity index (χ0n) is 11.4. The van der Waals surface area contributed by atoms with Crippen LogP contribution in [0.3, 0.4) is 0 Å². The van der Waals surface area contributed by atoms with E-state index in [1.165, 1.54) is 0 Å². The minimum atomic E-state index is -0.875. The quantitative estimate of drug-likeness (QED) is 0.905. The number of hydrogen-bond acceptors (Lipinski definition) is 2. The molecule has 0 unspecified atom stereocenters. The van der Waals surface area contributed by atoms with E-state index < -0.39 is 11.9 Å². The fourth-order valence-corrected chi connectivity index (χ4v) is 2.56. The number of aryl methyl sites for hydroxylation is 1. The van der Waals surface area contributed by atoms with Crippen LogP contribution >= 0.6 is 15.9 Å². The molecule has 4 heteroatoms. The Labute approximate surface area is 126 Å². The van der Waals surface area contributed by atoms with Gasteiger partial charge in [0.1, 0.15) is 11.6 Å². The third-order valence-corrected chi connectivity index (χ3v) is 3.84. The second-order valence-electron chi connectivity index (χ2n) is 4.67. The Bertz CT molecular complexity index is 613. The molecule has 0 aliphatic heterocycles. The summed E-state index contributed by atoms with van der Waals surface area (Å²) in [5, 5.41) is 10.2. The van der Waals surface area contributed by atoms with Crippen LogP contribution in [-0.2, 0) is 6.42 Å². The van der Waals surface area contributed by atoms with Crippen molar-refractivity contribution in [3.8, 4) is 5.75 Å². The molecule has 0 aliphatic rings. The average Bonchev–Trinajstić information content (AvgIpc) is 2.42. The first-order valence-electron chi connectivity index (χ1n) is 6.28. The van der Waals surface area contributed by atoms with Gasteiger partial charge in [0.05, 0.1) is 17.7 Å². The van der Waals surface area contributed by atoms with Gasteiger partial charge in [0, 0.05) is 12.0 Å². The minimum absolute atomic E-state index is 0.299. The van der Waals surface area contributed by atoms with Crippen molar-refractivity contribution >= 4 is 15.9 Å². The van der Waals surface area contributed by atoms with Gasteiger partial charge in [-0.25, -0.2) is 4.39 Å². The first-order valence-corrected chi connectivity index (χ1v) is 7.07. The van der Waals surface area contributed by atoms with Crippen molar-refractivity contribution < 1.29 is 14.2 Å². The monoisotopic (exact) mass is 338 g/mol. The highest BCUT2D eigenvalue weighted by Gasteiger charge is 2.15. The fraction of sp³-hybridized carbons (Fsp3) is 0.250. The van der Waals surface area contributed by atoms with Crippen LogP contribution in [-0.4, -0.2) is 12.2 Å². The van der Waals surface area contributed by atoms with Gasteiger partial charge < -0.3 is 9.84 Å². The summed E-state index contributed by atoms with van der Waals surface area (Å²) in [5.41, 5.74) is 2.23. The van der Waals surface area contributed by atoms with Crippen molar-refractivity contribution in [1.82, 2.24) is 0 Å². The third kappa shape index (κ3) is 3.19. The first-order chi connectivity index (χ1) is 9.52. The lowest BCUT2D eigenvalue weighted by atomic mass is 9.99. The molecule has 1 atom stereocenters. The number of halogens is 2. The van der Waals surface area contributed by atoms with Crippen molar-refractivity contribution in [2.24, 2.45) is 0 Å². The van der Waals surface area contributed by atoms with Crippen LogP contribution in [0.5, 0.6) is 5.75 Å². The Hall–Kier alpha value is -1.39. The molecule has 0 amide bonds. The van der Waals surface area contributed by atoms with Crippen LogP contribution in [0, 0.1) is 12.7 Å². The number of methoxy groups -OCH3 is 1. The molecule has 0 bridgehead atoms. The van der Waals surface area contributed by atoms with E-state index in [2.05, 4.69) is 15.9 Å². The van der Waals surface area contributed by atoms with Gasteiger partial charge in [-0.2, -0.15) is 0 Å². The molecule has 2 rings (SSSR count). The van der Waals surface area contributed by atoms with Gasteiger partial charge in [0.25, 0.3) is 0 Å². The standard InChI is InChI=1S/C16H16BrFO2/c1-10-8-11(6-7-15(10)20-2)9-14(19)12-4-3-5-13(17)16(12)18/h3-8,14,19H,9H2,1-2H3/t14-/m1/s1. The molecule has 106 valence electrons. The summed E-state index contributed by atoms with van der Waals surface area (Å²) < 4.78 is 19.5. The summed E-state index contributed by atoms with van der Waals surface area (Å²) in [6, 6.07) is 10.6. The predicted molar refractivity (Wildman–Crippen MR) is 80.5 cm³/mol. The summed E-state index contributed by atoms with van der Waals surface area (Å²) in [7, 11) is 1.62. The van der Waals surface area contributed by atoms with E-state index in [-0.39, 0.29) is 0 Å². The number of benzene rings is 2. The van der Waals surface area contributed by atoms with Gasteiger partial charge in [-0.05, 0) is 46.1 Å². The number of ether oxygens (including phenoxy) is 1. The smallest absolute Gasteiger partial charge is 0.143 e. The van der Waals surface area contributed by atoms with Crippen LogP contribution in [0.15, 0.2) is 40.9 Å². The molecular formula is C16H16BrFO2. The van der Waals surface area contributed by atoms with Crippen molar-refractivity contribution in [3.05, 3.63) is 63.4 Å². The Morgan fingerprint density at radius 2 is 2.05 bits per heavy atom. The van der Waals surface area contributed by atoms with E-state index in [1.54, 1.807) is 25.3 Å². The predicted octanol–water partition coefficient (Wildman–Crippen LogP) is 4.18. The summed E-state index contributed by atoms with van der Waals surface area (Å²) in [6.45, 7) is 1.94. The molecular weight excluding hydrogens is 323 g/mol. The molecule has 0 radical (unpaired) electrons. The van der Waals surface area contributed by atoms with Gasteiger partial charge in [-0.15, -0.1) is 0 Å². The second kappa shape index (κ2) is 6.37. The van der Waals surface area contributed by atoms with E-state index in [4.69, 9.17) is 4.74 Å². The van der Waals surface area contributed by atoms with Crippen LogP contribution in [0.4, 0.5) is 4.39 Å². The molecule has 0 saturated carbocycles. The van der Waals surface area contributed by atoms with Crippen LogP contribution < -0.4 is 4.74 Å². The van der Waals surface area contributed by atoms with Crippen LogP contribution in [0.25, 0.3) is 0 Å². The highest BCUT2D eigenvalue weighted by atomic mass is 79.9. The Morgan fingerprint density at radius 3 is 2.70 bits per heavy atom. The second-order valence-corrected chi connectivity index (χ2v) is 5.52. The molecule has 1 N–H and O–H groups in total. The van der Waals surface area contributed by atoms with Gasteiger partial charge in [0.2, 0.25) is 0 Å². The van der Waals surface area contributed by atoms with Crippen LogP contribution in [0.1, 0.15) is 22.8 Å². The molecule has 2 aromatic rings. The number of rotatable bonds is 4. The van der Waals surface area contributed by atoms with Crippen molar-refractivity contribution in [2.75, 3.05) is 7.11 Å². The molecule has 2 aromatic carbocycles. The van der Waals surface area contributed by atoms with Gasteiger partial charge >= 0.3 is 0 Å². The Balaban J connectivity index is 2.21. The lowest BCUT2D eigenvalue weighted by Gasteiger charge is -2.14. The molecule has 0 aliphatic carbocycles. The summed E-state index contributed by atoms with van der Waals surface area (Å²) in [4.78, 5) is 0. The minimum Gasteiger partial charge on any atom is -0.496 e. The summed E-state index contributed by atoms with van der Waals surface area (Å²) >= 11 is 3.13. The lowest BCUT2D eigenvalue weighted by molar-refractivity contribution is 0.173. The Morgan fingerprint density at radius 1 is 1.30 bits per heavy atom. The maximum Gasteiger partial charge on any atom is 0.143 e. The maximum absolute atomic E-state index is 13.9. The van der Waals surface area contributed by atoms with Gasteiger partial charge in [0.15, 0.2) is 0 Å². The summed E-state index contributed by atoms with van der Waals surface area (Å²) in [6.07, 6.45) is -0.515. The Kier molecular flexibility index (Phi) is 4.78. The highest BCUT2D eigenvalue weighted by molar-refractivity contribution is 9.10. The number of hydrogen-bond donors (Lipinski definition) is 1. The van der Waals surface area contributed by atoms with Crippen molar-refractivity contribution in [1.29, 1.82) is 0 Å². The molecule has 0 spiro atoms. The van der Waals surface area contributed by atoms with Crippen LogP contribution in [0.2, 0.25) is 0 Å². The molecule has 2 nitrogen and oxygen atoms in total. The zero-order chi connectivity index (χ0) is 14.7. The number of aliphatic hydroxyl groups is 1. The SMILES string of the molecule is COc1ccc(C[C@@H](O)c2cccc(Br)c2F)cc1C. The van der Waals surface area contributed by atoms with E-state index >= 15 is 0 Å². The topological polar surface area (TPSA) is 29.5 Å². The van der Waals surface area contributed by atoms with Crippen molar-refractivity contribution in [3.63, 3.8) is 0 Å². The normalized spacial score (nSPS) is 12.2. The van der Waals surface area contributed by atoms with E-state index in [9.17, 15) is 9.50 Å². The van der Waals surface area contributed by atoms with Gasteiger partial charge in [-0.3, -0.25) is 0 Å². The first kappa shape index (κ1) is 15.0. The van der Waals surface area contributed by atoms with E-state index in [1.807, 2.05) is 25.1 Å². The van der Waals surface area contributed by atoms with Crippen molar-refractivity contribution in [2.45, 2.75) is 19.4 Å². The molecule has 0 aromatic heterocycles. The maximum atomic E-state index is 13.9. The number of aliphatic hydroxyl groups excluding tert-OH is 1. The summed E-state index contributed by atoms with van der Waals surface area (Å²) in [5.74, 6) is 0.391. The fourth-order valence-electron chi connectivity index (χ4n) is 2.18. The average molecular weight is 339 g/mol. The lowest BCUT2D eigenvalue weighted by Crippen LogP contribution is -2.05. The van der Waals surface area contributed by atoms with Gasteiger partial charge in [-0.1, -0.05) is 24.3 Å². The molecule has 0 fully saturated rings. The molecule has 0 heterocycles. The van der Waals surface area contributed by atoms with E-state index in [0.29, 0.717) is 16.5 Å². The molecule has 0 saturated heterocycles. The largest absolute Gasteiger partial charge is 0.496 e. The molecule has 20 heavy (non-hydrogen) atoms. The zero-order valence-corrected chi connectivity index (χ0v) is 12.9. The third-order valence-electron chi connectivity index (χ3n) is 3.23. The van der Waals surface area contributed by atoms with E-state index in [0.717, 1.165) is 16.9 Å².